The normalized spacial score (nSPS) is 12.9. The fourth-order valence-electron chi connectivity index (χ4n) is 1.67. The van der Waals surface area contributed by atoms with Gasteiger partial charge in [-0.05, 0) is 55.9 Å². The fraction of sp³-hybridized carbons (Fsp3) is 0.538. The molecule has 0 spiro atoms. The highest BCUT2D eigenvalue weighted by molar-refractivity contribution is 5.36. The van der Waals surface area contributed by atoms with Crippen LogP contribution in [0.5, 0.6) is 0 Å². The predicted octanol–water partition coefficient (Wildman–Crippen LogP) is 2.89. The predicted molar refractivity (Wildman–Crippen MR) is 62.6 cm³/mol. The molecule has 0 heterocycles. The van der Waals surface area contributed by atoms with Crippen LogP contribution in [0.15, 0.2) is 12.1 Å². The molecule has 1 heteroatoms. The van der Waals surface area contributed by atoms with Gasteiger partial charge >= 0.3 is 0 Å². The second kappa shape index (κ2) is 4.61. The van der Waals surface area contributed by atoms with E-state index in [1.807, 2.05) is 0 Å². The standard InChI is InChI=1S/C13H21N/c1-5-13(14)8-12-7-10(3)9(2)6-11(12)4/h6-7,13H,5,8,14H2,1-4H3. The maximum atomic E-state index is 5.96. The van der Waals surface area contributed by atoms with E-state index in [9.17, 15) is 0 Å². The third-order valence-corrected chi connectivity index (χ3v) is 2.96. The van der Waals surface area contributed by atoms with Gasteiger partial charge in [0.05, 0.1) is 0 Å². The summed E-state index contributed by atoms with van der Waals surface area (Å²) < 4.78 is 0. The van der Waals surface area contributed by atoms with Gasteiger partial charge in [-0.2, -0.15) is 0 Å². The molecule has 14 heavy (non-hydrogen) atoms. The molecule has 1 aromatic carbocycles. The van der Waals surface area contributed by atoms with Gasteiger partial charge in [-0.15, -0.1) is 0 Å². The van der Waals surface area contributed by atoms with Crippen LogP contribution in [0.2, 0.25) is 0 Å². The Morgan fingerprint density at radius 1 is 1.07 bits per heavy atom. The van der Waals surface area contributed by atoms with Crippen molar-refractivity contribution in [1.29, 1.82) is 0 Å². The Morgan fingerprint density at radius 3 is 2.21 bits per heavy atom. The number of hydrogen-bond acceptors (Lipinski definition) is 1. The minimum absolute atomic E-state index is 0.302. The van der Waals surface area contributed by atoms with Crippen LogP contribution in [0.4, 0.5) is 0 Å². The Balaban J connectivity index is 2.92. The average Bonchev–Trinajstić information content (AvgIpc) is 2.14. The van der Waals surface area contributed by atoms with Crippen LogP contribution in [-0.4, -0.2) is 6.04 Å². The maximum absolute atomic E-state index is 5.96. The summed E-state index contributed by atoms with van der Waals surface area (Å²) in [7, 11) is 0. The van der Waals surface area contributed by atoms with Crippen molar-refractivity contribution in [1.82, 2.24) is 0 Å². The van der Waals surface area contributed by atoms with Crippen molar-refractivity contribution in [3.63, 3.8) is 0 Å². The van der Waals surface area contributed by atoms with Gasteiger partial charge in [0.15, 0.2) is 0 Å². The SMILES string of the molecule is CCC(N)Cc1cc(C)c(C)cc1C. The van der Waals surface area contributed by atoms with Crippen molar-refractivity contribution < 1.29 is 0 Å². The van der Waals surface area contributed by atoms with Crippen LogP contribution in [-0.2, 0) is 6.42 Å². The third-order valence-electron chi connectivity index (χ3n) is 2.96. The number of benzene rings is 1. The zero-order valence-electron chi connectivity index (χ0n) is 9.72. The fourth-order valence-corrected chi connectivity index (χ4v) is 1.67. The molecule has 1 atom stereocenters. The number of nitrogens with two attached hydrogens (primary N) is 1. The Kier molecular flexibility index (Phi) is 3.70. The molecule has 0 bridgehead atoms. The Bertz CT molecular complexity index is 315. The average molecular weight is 191 g/mol. The molecule has 0 saturated carbocycles. The molecule has 0 aliphatic heterocycles. The smallest absolute Gasteiger partial charge is 0.00767 e. The van der Waals surface area contributed by atoms with Crippen LogP contribution >= 0.6 is 0 Å². The summed E-state index contributed by atoms with van der Waals surface area (Å²) >= 11 is 0. The van der Waals surface area contributed by atoms with E-state index in [2.05, 4.69) is 39.8 Å². The second-order valence-corrected chi connectivity index (χ2v) is 4.24. The maximum Gasteiger partial charge on any atom is 0.00767 e. The van der Waals surface area contributed by atoms with Gasteiger partial charge in [0.25, 0.3) is 0 Å². The molecular formula is C13H21N. The first-order valence-electron chi connectivity index (χ1n) is 5.37. The Morgan fingerprint density at radius 2 is 1.64 bits per heavy atom. The zero-order valence-corrected chi connectivity index (χ0v) is 9.72. The molecule has 0 aliphatic rings. The summed E-state index contributed by atoms with van der Waals surface area (Å²) in [6.45, 7) is 8.63. The summed E-state index contributed by atoms with van der Waals surface area (Å²) in [6, 6.07) is 4.84. The monoisotopic (exact) mass is 191 g/mol. The lowest BCUT2D eigenvalue weighted by atomic mass is 9.95. The molecule has 1 unspecified atom stereocenters. The minimum atomic E-state index is 0.302. The number of hydrogen-bond donors (Lipinski definition) is 1. The van der Waals surface area contributed by atoms with E-state index in [1.165, 1.54) is 22.3 Å². The van der Waals surface area contributed by atoms with Crippen LogP contribution in [0.3, 0.4) is 0 Å². The summed E-state index contributed by atoms with van der Waals surface area (Å²) in [6.07, 6.45) is 2.05. The molecule has 0 aromatic heterocycles. The highest BCUT2D eigenvalue weighted by Crippen LogP contribution is 2.16. The third kappa shape index (κ3) is 2.58. The molecule has 0 radical (unpaired) electrons. The van der Waals surface area contributed by atoms with Crippen LogP contribution in [0.1, 0.15) is 35.6 Å². The first-order valence-corrected chi connectivity index (χ1v) is 5.37. The Hall–Kier alpha value is -0.820. The van der Waals surface area contributed by atoms with Crippen molar-refractivity contribution in [3.8, 4) is 0 Å². The van der Waals surface area contributed by atoms with Gasteiger partial charge in [0.1, 0.15) is 0 Å². The van der Waals surface area contributed by atoms with E-state index in [1.54, 1.807) is 0 Å². The molecule has 78 valence electrons. The zero-order chi connectivity index (χ0) is 10.7. The van der Waals surface area contributed by atoms with E-state index in [4.69, 9.17) is 5.73 Å². The van der Waals surface area contributed by atoms with Crippen molar-refractivity contribution in [3.05, 3.63) is 34.4 Å². The van der Waals surface area contributed by atoms with E-state index in [0.29, 0.717) is 6.04 Å². The van der Waals surface area contributed by atoms with Crippen molar-refractivity contribution in [2.75, 3.05) is 0 Å². The van der Waals surface area contributed by atoms with Gasteiger partial charge < -0.3 is 5.73 Å². The molecule has 1 rings (SSSR count). The van der Waals surface area contributed by atoms with Gasteiger partial charge in [0.2, 0.25) is 0 Å². The molecule has 0 fully saturated rings. The van der Waals surface area contributed by atoms with Crippen molar-refractivity contribution in [2.24, 2.45) is 5.73 Å². The molecule has 1 aromatic rings. The van der Waals surface area contributed by atoms with E-state index in [0.717, 1.165) is 12.8 Å². The number of aryl methyl sites for hydroxylation is 3. The van der Waals surface area contributed by atoms with Gasteiger partial charge in [0, 0.05) is 6.04 Å². The van der Waals surface area contributed by atoms with Gasteiger partial charge in [-0.1, -0.05) is 19.1 Å². The largest absolute Gasteiger partial charge is 0.327 e. The summed E-state index contributed by atoms with van der Waals surface area (Å²) in [5.74, 6) is 0. The highest BCUT2D eigenvalue weighted by Gasteiger charge is 2.05. The number of rotatable bonds is 3. The molecular weight excluding hydrogens is 170 g/mol. The topological polar surface area (TPSA) is 26.0 Å². The lowest BCUT2D eigenvalue weighted by molar-refractivity contribution is 0.644. The molecule has 1 nitrogen and oxygen atoms in total. The molecule has 0 amide bonds. The lowest BCUT2D eigenvalue weighted by Gasteiger charge is -2.13. The summed E-state index contributed by atoms with van der Waals surface area (Å²) in [4.78, 5) is 0. The van der Waals surface area contributed by atoms with Crippen LogP contribution in [0, 0.1) is 20.8 Å². The van der Waals surface area contributed by atoms with Crippen molar-refractivity contribution in [2.45, 2.75) is 46.6 Å². The summed E-state index contributed by atoms with van der Waals surface area (Å²) in [5.41, 5.74) is 11.5. The Labute approximate surface area is 87.3 Å². The first-order chi connectivity index (χ1) is 6.54. The summed E-state index contributed by atoms with van der Waals surface area (Å²) in [5, 5.41) is 0. The van der Waals surface area contributed by atoms with Crippen LogP contribution < -0.4 is 5.73 Å². The molecule has 0 aliphatic carbocycles. The van der Waals surface area contributed by atoms with Gasteiger partial charge in [-0.25, -0.2) is 0 Å². The molecule has 0 saturated heterocycles. The van der Waals surface area contributed by atoms with Crippen LogP contribution in [0.25, 0.3) is 0 Å². The van der Waals surface area contributed by atoms with Crippen molar-refractivity contribution >= 4 is 0 Å². The van der Waals surface area contributed by atoms with Gasteiger partial charge in [-0.3, -0.25) is 0 Å². The van der Waals surface area contributed by atoms with E-state index in [-0.39, 0.29) is 0 Å². The first kappa shape index (κ1) is 11.3. The highest BCUT2D eigenvalue weighted by atomic mass is 14.6. The molecule has 2 N–H and O–H groups in total. The van der Waals surface area contributed by atoms with E-state index >= 15 is 0 Å². The minimum Gasteiger partial charge on any atom is -0.327 e. The quantitative estimate of drug-likeness (QED) is 0.781. The van der Waals surface area contributed by atoms with E-state index < -0.39 is 0 Å². The second-order valence-electron chi connectivity index (χ2n) is 4.24. The lowest BCUT2D eigenvalue weighted by Crippen LogP contribution is -2.21.